The predicted octanol–water partition coefficient (Wildman–Crippen LogP) is 6.37. The number of carbonyl (C=O) groups excluding carboxylic acids is 1. The second-order valence-electron chi connectivity index (χ2n) is 8.52. The molecular weight excluding hydrogens is 434 g/mol. The molecule has 0 spiro atoms. The Morgan fingerprint density at radius 3 is 2.64 bits per heavy atom. The number of carbonyl (C=O) groups is 1. The van der Waals surface area contributed by atoms with Crippen molar-refractivity contribution in [3.63, 3.8) is 0 Å². The van der Waals surface area contributed by atoms with Crippen molar-refractivity contribution in [2.75, 3.05) is 18.5 Å². The summed E-state index contributed by atoms with van der Waals surface area (Å²) < 4.78 is 11.6. The molecule has 1 N–H and O–H groups in total. The van der Waals surface area contributed by atoms with E-state index < -0.39 is 0 Å². The van der Waals surface area contributed by atoms with Gasteiger partial charge < -0.3 is 14.8 Å². The summed E-state index contributed by atoms with van der Waals surface area (Å²) in [5, 5.41) is 4.19. The van der Waals surface area contributed by atoms with Crippen molar-refractivity contribution in [3.8, 4) is 5.88 Å². The second-order valence-corrected chi connectivity index (χ2v) is 9.63. The Hall–Kier alpha value is -2.93. The van der Waals surface area contributed by atoms with E-state index in [1.165, 1.54) is 23.3 Å². The zero-order valence-corrected chi connectivity index (χ0v) is 19.8. The highest BCUT2D eigenvalue weighted by atomic mass is 32.1. The van der Waals surface area contributed by atoms with Crippen LogP contribution in [0.3, 0.4) is 0 Å². The summed E-state index contributed by atoms with van der Waals surface area (Å²) in [6.45, 7) is 2.69. The second kappa shape index (κ2) is 9.91. The molecule has 0 atom stereocenters. The van der Waals surface area contributed by atoms with Crippen LogP contribution >= 0.6 is 11.3 Å². The van der Waals surface area contributed by atoms with Gasteiger partial charge in [-0.3, -0.25) is 0 Å². The van der Waals surface area contributed by atoms with Gasteiger partial charge in [0.2, 0.25) is 0 Å². The standard InChI is InChI=1S/C26H29N3O3S/c1-2-31-26(30)22-18-12-6-9-15-21(18)33-25(22)29-23-24(32-16-17-10-4-3-5-11-17)28-20-14-8-7-13-19(20)27-23/h7-8,10,13-14H,2-6,9,11-12,15-16H2,1H3,(H,27,29). The Morgan fingerprint density at radius 1 is 1.06 bits per heavy atom. The Kier molecular flexibility index (Phi) is 6.58. The van der Waals surface area contributed by atoms with E-state index in [9.17, 15) is 4.79 Å². The normalized spacial score (nSPS) is 15.6. The average Bonchev–Trinajstić information content (AvgIpc) is 3.21. The van der Waals surface area contributed by atoms with Crippen LogP contribution in [0.2, 0.25) is 0 Å². The Balaban J connectivity index is 1.52. The summed E-state index contributed by atoms with van der Waals surface area (Å²) in [4.78, 5) is 23.7. The molecule has 0 radical (unpaired) electrons. The maximum atomic E-state index is 12.9. The molecule has 2 aromatic heterocycles. The van der Waals surface area contributed by atoms with Crippen LogP contribution in [-0.4, -0.2) is 29.2 Å². The lowest BCUT2D eigenvalue weighted by molar-refractivity contribution is 0.0526. The molecule has 6 nitrogen and oxygen atoms in total. The number of aryl methyl sites for hydroxylation is 1. The van der Waals surface area contributed by atoms with E-state index in [0.29, 0.717) is 30.5 Å². The minimum atomic E-state index is -0.275. The van der Waals surface area contributed by atoms with Crippen LogP contribution in [0.4, 0.5) is 10.8 Å². The molecule has 0 saturated heterocycles. The van der Waals surface area contributed by atoms with Crippen LogP contribution in [0.15, 0.2) is 35.9 Å². The van der Waals surface area contributed by atoms with Crippen LogP contribution in [-0.2, 0) is 17.6 Å². The zero-order chi connectivity index (χ0) is 22.6. The van der Waals surface area contributed by atoms with Crippen molar-refractivity contribution in [1.82, 2.24) is 9.97 Å². The number of anilines is 2. The number of ether oxygens (including phenoxy) is 2. The summed E-state index contributed by atoms with van der Waals surface area (Å²) in [5.74, 6) is 0.721. The Labute approximate surface area is 198 Å². The molecule has 0 fully saturated rings. The maximum absolute atomic E-state index is 12.9. The van der Waals surface area contributed by atoms with Crippen LogP contribution < -0.4 is 10.1 Å². The highest BCUT2D eigenvalue weighted by molar-refractivity contribution is 7.16. The first-order chi connectivity index (χ1) is 16.2. The van der Waals surface area contributed by atoms with E-state index in [2.05, 4.69) is 11.4 Å². The number of thiophene rings is 1. The van der Waals surface area contributed by atoms with Crippen LogP contribution in [0.1, 0.15) is 66.2 Å². The van der Waals surface area contributed by atoms with E-state index in [0.717, 1.165) is 60.1 Å². The van der Waals surface area contributed by atoms with Gasteiger partial charge in [-0.05, 0) is 81.6 Å². The number of benzene rings is 1. The summed E-state index contributed by atoms with van der Waals surface area (Å²) >= 11 is 1.62. The quantitative estimate of drug-likeness (QED) is 0.324. The molecule has 172 valence electrons. The minimum absolute atomic E-state index is 0.275. The first kappa shape index (κ1) is 21.9. The Bertz CT molecular complexity index is 1200. The molecule has 5 rings (SSSR count). The first-order valence-corrected chi connectivity index (χ1v) is 12.7. The number of para-hydroxylation sites is 2. The van der Waals surface area contributed by atoms with Gasteiger partial charge in [0.05, 0.1) is 23.2 Å². The lowest BCUT2D eigenvalue weighted by atomic mass is 9.95. The number of hydrogen-bond acceptors (Lipinski definition) is 7. The average molecular weight is 464 g/mol. The largest absolute Gasteiger partial charge is 0.471 e. The molecular formula is C26H29N3O3S. The predicted molar refractivity (Wildman–Crippen MR) is 132 cm³/mol. The number of nitrogens with one attached hydrogen (secondary N) is 1. The summed E-state index contributed by atoms with van der Waals surface area (Å²) in [6.07, 6.45) is 11.0. The molecule has 0 bridgehead atoms. The van der Waals surface area contributed by atoms with Gasteiger partial charge >= 0.3 is 5.97 Å². The molecule has 2 aliphatic carbocycles. The molecule has 0 saturated carbocycles. The van der Waals surface area contributed by atoms with Gasteiger partial charge in [-0.1, -0.05) is 18.2 Å². The van der Waals surface area contributed by atoms with Gasteiger partial charge in [0.1, 0.15) is 11.6 Å². The molecule has 0 amide bonds. The number of hydrogen-bond donors (Lipinski definition) is 1. The number of fused-ring (bicyclic) bond motifs is 2. The molecule has 2 heterocycles. The van der Waals surface area contributed by atoms with E-state index in [1.54, 1.807) is 11.3 Å². The van der Waals surface area contributed by atoms with Crippen LogP contribution in [0, 0.1) is 0 Å². The van der Waals surface area contributed by atoms with E-state index in [4.69, 9.17) is 19.4 Å². The summed E-state index contributed by atoms with van der Waals surface area (Å²) in [7, 11) is 0. The van der Waals surface area contributed by atoms with Crippen molar-refractivity contribution in [3.05, 3.63) is 51.9 Å². The number of esters is 1. The molecule has 0 aliphatic heterocycles. The number of allylic oxidation sites excluding steroid dienone is 1. The third-order valence-electron chi connectivity index (χ3n) is 6.20. The van der Waals surface area contributed by atoms with Gasteiger partial charge in [-0.2, -0.15) is 0 Å². The van der Waals surface area contributed by atoms with Gasteiger partial charge in [-0.15, -0.1) is 11.3 Å². The molecule has 0 unspecified atom stereocenters. The highest BCUT2D eigenvalue weighted by Gasteiger charge is 2.27. The van der Waals surface area contributed by atoms with Gasteiger partial charge in [0.15, 0.2) is 5.82 Å². The highest BCUT2D eigenvalue weighted by Crippen LogP contribution is 2.41. The fourth-order valence-corrected chi connectivity index (χ4v) is 5.82. The molecule has 2 aliphatic rings. The van der Waals surface area contributed by atoms with E-state index in [-0.39, 0.29) is 5.97 Å². The lowest BCUT2D eigenvalue weighted by Crippen LogP contribution is -2.12. The SMILES string of the molecule is CCOC(=O)c1c(Nc2nc3ccccc3nc2OCC2=CCCCC2)sc2c1CCCC2. The number of nitrogens with zero attached hydrogens (tertiary/aromatic N) is 2. The van der Waals surface area contributed by atoms with Crippen molar-refractivity contribution in [2.24, 2.45) is 0 Å². The smallest absolute Gasteiger partial charge is 0.341 e. The lowest BCUT2D eigenvalue weighted by Gasteiger charge is -2.16. The minimum Gasteiger partial charge on any atom is -0.471 e. The van der Waals surface area contributed by atoms with E-state index in [1.807, 2.05) is 31.2 Å². The van der Waals surface area contributed by atoms with E-state index >= 15 is 0 Å². The topological polar surface area (TPSA) is 73.3 Å². The fraction of sp³-hybridized carbons (Fsp3) is 0.423. The fourth-order valence-electron chi connectivity index (χ4n) is 4.54. The maximum Gasteiger partial charge on any atom is 0.341 e. The molecule has 7 heteroatoms. The van der Waals surface area contributed by atoms with Crippen molar-refractivity contribution < 1.29 is 14.3 Å². The first-order valence-electron chi connectivity index (χ1n) is 11.9. The van der Waals surface area contributed by atoms with Crippen molar-refractivity contribution >= 4 is 39.2 Å². The summed E-state index contributed by atoms with van der Waals surface area (Å²) in [5.41, 5.74) is 4.64. The van der Waals surface area contributed by atoms with Crippen LogP contribution in [0.25, 0.3) is 11.0 Å². The van der Waals surface area contributed by atoms with Crippen molar-refractivity contribution in [1.29, 1.82) is 0 Å². The zero-order valence-electron chi connectivity index (χ0n) is 19.0. The monoisotopic (exact) mass is 463 g/mol. The Morgan fingerprint density at radius 2 is 1.85 bits per heavy atom. The van der Waals surface area contributed by atoms with Crippen molar-refractivity contribution in [2.45, 2.75) is 58.3 Å². The third kappa shape index (κ3) is 4.74. The molecule has 33 heavy (non-hydrogen) atoms. The molecule has 1 aromatic carbocycles. The molecule has 3 aromatic rings. The number of rotatable bonds is 7. The van der Waals surface area contributed by atoms with Gasteiger partial charge in [0.25, 0.3) is 5.88 Å². The van der Waals surface area contributed by atoms with Gasteiger partial charge in [0, 0.05) is 4.88 Å². The number of aromatic nitrogens is 2. The van der Waals surface area contributed by atoms with Gasteiger partial charge in [-0.25, -0.2) is 14.8 Å². The summed E-state index contributed by atoms with van der Waals surface area (Å²) in [6, 6.07) is 7.77. The van der Waals surface area contributed by atoms with Crippen LogP contribution in [0.5, 0.6) is 5.88 Å². The third-order valence-corrected chi connectivity index (χ3v) is 7.41.